The van der Waals surface area contributed by atoms with E-state index in [1.807, 2.05) is 17.0 Å². The molecule has 0 unspecified atom stereocenters. The van der Waals surface area contributed by atoms with Gasteiger partial charge in [-0.05, 0) is 55.2 Å². The first kappa shape index (κ1) is 26.2. The fraction of sp³-hybridized carbons (Fsp3) is 0.391. The van der Waals surface area contributed by atoms with Gasteiger partial charge in [0.25, 0.3) is 5.91 Å². The van der Waals surface area contributed by atoms with Gasteiger partial charge in [0.2, 0.25) is 11.8 Å². The summed E-state index contributed by atoms with van der Waals surface area (Å²) in [6, 6.07) is 6.62. The molecule has 0 radical (unpaired) electrons. The second-order valence-electron chi connectivity index (χ2n) is 8.62. The van der Waals surface area contributed by atoms with Gasteiger partial charge in [-0.1, -0.05) is 0 Å². The quantitative estimate of drug-likeness (QED) is 0.128. The van der Waals surface area contributed by atoms with Gasteiger partial charge in [0, 0.05) is 34.5 Å². The van der Waals surface area contributed by atoms with Crippen molar-refractivity contribution in [2.45, 2.75) is 41.6 Å². The number of nitrogens with two attached hydrogens (primary N) is 1. The molecule has 1 aromatic rings. The first-order valence-corrected chi connectivity index (χ1v) is 13.1. The van der Waals surface area contributed by atoms with Crippen molar-refractivity contribution in [2.75, 3.05) is 23.8 Å². The standard InChI is InChI=1S/C23H24N4O5S2.Na/c24-14-1-5-16(6-2-14)33-11-17(28)25-18-21(30)27-19(23(31)32)13(10-34-22(18)27)9-12-7-8-26(20(12)29)15-3-4-15;/h1-2,5-6,9,15,18,22H,3-4,7-8,10-11,24H2,(H,25,28)(H,31,32);/q;+1/p-1/b12-9+;/t18-,22-;/m1./s1. The van der Waals surface area contributed by atoms with Gasteiger partial charge in [-0.25, -0.2) is 0 Å². The van der Waals surface area contributed by atoms with Crippen LogP contribution < -0.4 is 45.7 Å². The molecule has 9 nitrogen and oxygen atoms in total. The van der Waals surface area contributed by atoms with E-state index >= 15 is 0 Å². The number of amides is 3. The molecule has 2 atom stereocenters. The van der Waals surface area contributed by atoms with Gasteiger partial charge in [-0.2, -0.15) is 0 Å². The molecule has 5 rings (SSSR count). The summed E-state index contributed by atoms with van der Waals surface area (Å²) < 4.78 is 0. The molecule has 1 saturated carbocycles. The van der Waals surface area contributed by atoms with Gasteiger partial charge in [0.05, 0.1) is 17.4 Å². The second kappa shape index (κ2) is 10.6. The summed E-state index contributed by atoms with van der Waals surface area (Å²) in [5.41, 5.74) is 7.05. The van der Waals surface area contributed by atoms with E-state index in [9.17, 15) is 24.3 Å². The van der Waals surface area contributed by atoms with Gasteiger partial charge in [-0.15, -0.1) is 23.5 Å². The number of carboxylic acid groups (broad SMARTS) is 1. The van der Waals surface area contributed by atoms with Gasteiger partial charge in [-0.3, -0.25) is 19.3 Å². The number of β-lactam (4-membered cyclic amide) rings is 1. The molecule has 3 amide bonds. The maximum atomic E-state index is 12.8. The van der Waals surface area contributed by atoms with Gasteiger partial charge in [0.15, 0.2) is 0 Å². The molecule has 1 aliphatic carbocycles. The van der Waals surface area contributed by atoms with Crippen molar-refractivity contribution in [1.29, 1.82) is 0 Å². The third-order valence-electron chi connectivity index (χ3n) is 6.25. The van der Waals surface area contributed by atoms with Crippen molar-refractivity contribution in [1.82, 2.24) is 15.1 Å². The Morgan fingerprint density at radius 1 is 1.23 bits per heavy atom. The molecule has 0 spiro atoms. The topological polar surface area (TPSA) is 136 Å². The summed E-state index contributed by atoms with van der Waals surface area (Å²) in [7, 11) is 0. The number of anilines is 1. The van der Waals surface area contributed by atoms with Crippen LogP contribution in [0.1, 0.15) is 19.3 Å². The van der Waals surface area contributed by atoms with Crippen LogP contribution in [0.5, 0.6) is 0 Å². The van der Waals surface area contributed by atoms with Crippen molar-refractivity contribution in [3.05, 3.63) is 47.2 Å². The monoisotopic (exact) mass is 522 g/mol. The van der Waals surface area contributed by atoms with Crippen LogP contribution in [0.4, 0.5) is 5.69 Å². The number of aliphatic carboxylic acids is 1. The molecule has 12 heteroatoms. The molecule has 0 aromatic heterocycles. The Balaban J connectivity index is 0.00000289. The molecule has 3 fully saturated rings. The molecule has 4 aliphatic rings. The van der Waals surface area contributed by atoms with Crippen molar-refractivity contribution in [3.8, 4) is 0 Å². The average Bonchev–Trinajstić information content (AvgIpc) is 3.60. The van der Waals surface area contributed by atoms with E-state index < -0.39 is 23.3 Å². The Hall–Kier alpha value is -1.92. The molecule has 3 aliphatic heterocycles. The second-order valence-corrected chi connectivity index (χ2v) is 10.8. The Bertz CT molecular complexity index is 1140. The van der Waals surface area contributed by atoms with Gasteiger partial charge in [0.1, 0.15) is 11.4 Å². The number of nitrogen functional groups attached to an aromatic ring is 1. The Morgan fingerprint density at radius 2 is 1.94 bits per heavy atom. The molecule has 0 bridgehead atoms. The maximum absolute atomic E-state index is 12.8. The van der Waals surface area contributed by atoms with Crippen LogP contribution >= 0.6 is 23.5 Å². The van der Waals surface area contributed by atoms with Crippen molar-refractivity contribution in [2.24, 2.45) is 0 Å². The summed E-state index contributed by atoms with van der Waals surface area (Å²) in [6.07, 6.45) is 4.20. The first-order chi connectivity index (χ1) is 16.3. The number of fused-ring (bicyclic) bond motifs is 1. The SMILES string of the molecule is Nc1ccc(SCC(=O)N[C@@H]2C(=O)N3C(C(=O)[O-])=C(/C=C4\CCN(C5CC5)C4=O)CS[C@H]23)cc1.[Na+]. The first-order valence-electron chi connectivity index (χ1n) is 11.0. The zero-order chi connectivity index (χ0) is 24.0. The number of hydrogen-bond acceptors (Lipinski definition) is 8. The van der Waals surface area contributed by atoms with Gasteiger partial charge < -0.3 is 25.9 Å². The predicted molar refractivity (Wildman–Crippen MR) is 126 cm³/mol. The molecule has 35 heavy (non-hydrogen) atoms. The number of nitrogens with zero attached hydrogens (tertiary/aromatic N) is 2. The minimum absolute atomic E-state index is 0. The van der Waals surface area contributed by atoms with Gasteiger partial charge >= 0.3 is 29.6 Å². The van der Waals surface area contributed by atoms with Crippen LogP contribution in [-0.4, -0.2) is 69.0 Å². The molecule has 3 N–H and O–H groups in total. The third-order valence-corrected chi connectivity index (χ3v) is 8.57. The fourth-order valence-electron chi connectivity index (χ4n) is 4.38. The smallest absolute Gasteiger partial charge is 0.543 e. The number of nitrogens with one attached hydrogen (secondary N) is 1. The van der Waals surface area contributed by atoms with E-state index in [4.69, 9.17) is 5.73 Å². The van der Waals surface area contributed by atoms with Crippen LogP contribution in [0, 0.1) is 0 Å². The summed E-state index contributed by atoms with van der Waals surface area (Å²) in [5.74, 6) is -1.90. The van der Waals surface area contributed by atoms with E-state index in [2.05, 4.69) is 5.32 Å². The maximum Gasteiger partial charge on any atom is 1.00 e. The predicted octanol–water partition coefficient (Wildman–Crippen LogP) is -2.91. The largest absolute Gasteiger partial charge is 1.00 e. The fourth-order valence-corrected chi connectivity index (χ4v) is 6.40. The number of benzene rings is 1. The van der Waals surface area contributed by atoms with E-state index in [1.165, 1.54) is 28.4 Å². The molecular formula is C23H23N4NaO5S2. The van der Waals surface area contributed by atoms with Crippen molar-refractivity contribution < 1.29 is 53.8 Å². The molecule has 178 valence electrons. The average molecular weight is 523 g/mol. The summed E-state index contributed by atoms with van der Waals surface area (Å²) >= 11 is 2.69. The number of carbonyl (C=O) groups is 4. The van der Waals surface area contributed by atoms with E-state index in [0.717, 1.165) is 17.7 Å². The Labute approximate surface area is 233 Å². The van der Waals surface area contributed by atoms with Crippen LogP contribution in [0.3, 0.4) is 0 Å². The van der Waals surface area contributed by atoms with E-state index in [0.29, 0.717) is 41.6 Å². The number of thioether (sulfide) groups is 2. The summed E-state index contributed by atoms with van der Waals surface area (Å²) in [5, 5.41) is 14.2. The number of carboxylic acids is 1. The van der Waals surface area contributed by atoms with Crippen LogP contribution in [-0.2, 0) is 19.2 Å². The molecule has 1 aromatic carbocycles. The Morgan fingerprint density at radius 3 is 2.60 bits per heavy atom. The number of allylic oxidation sites excluding steroid dienone is 1. The molecule has 3 heterocycles. The number of likely N-dealkylation sites (tertiary alicyclic amines) is 1. The zero-order valence-electron chi connectivity index (χ0n) is 19.2. The van der Waals surface area contributed by atoms with Crippen LogP contribution in [0.25, 0.3) is 0 Å². The zero-order valence-corrected chi connectivity index (χ0v) is 22.8. The molecular weight excluding hydrogens is 499 g/mol. The van der Waals surface area contributed by atoms with Crippen LogP contribution in [0.2, 0.25) is 0 Å². The number of rotatable bonds is 7. The van der Waals surface area contributed by atoms with E-state index in [-0.39, 0.29) is 52.8 Å². The number of hydrogen-bond donors (Lipinski definition) is 2. The van der Waals surface area contributed by atoms with Crippen molar-refractivity contribution >= 4 is 52.9 Å². The summed E-state index contributed by atoms with van der Waals surface area (Å²) in [6.45, 7) is 0.643. The molecule has 2 saturated heterocycles. The Kier molecular flexibility index (Phi) is 7.92. The van der Waals surface area contributed by atoms with Crippen LogP contribution in [0.15, 0.2) is 52.1 Å². The number of carbonyl (C=O) groups excluding carboxylic acids is 4. The minimum atomic E-state index is -1.46. The van der Waals surface area contributed by atoms with Crippen molar-refractivity contribution in [3.63, 3.8) is 0 Å². The summed E-state index contributed by atoms with van der Waals surface area (Å²) in [4.78, 5) is 53.7. The minimum Gasteiger partial charge on any atom is -0.543 e. The normalized spacial score (nSPS) is 24.7. The third kappa shape index (κ3) is 5.29. The van der Waals surface area contributed by atoms with E-state index in [1.54, 1.807) is 18.2 Å².